The highest BCUT2D eigenvalue weighted by atomic mass is 19.1. The van der Waals surface area contributed by atoms with Crippen molar-refractivity contribution in [3.05, 3.63) is 30.1 Å². The van der Waals surface area contributed by atoms with Crippen LogP contribution in [0.4, 0.5) is 4.39 Å². The van der Waals surface area contributed by atoms with E-state index in [0.717, 1.165) is 45.2 Å². The summed E-state index contributed by atoms with van der Waals surface area (Å²) in [4.78, 5) is 20.4. The number of hydrogen-bond donors (Lipinski definition) is 0. The summed E-state index contributed by atoms with van der Waals surface area (Å²) in [5, 5.41) is 0. The number of amides is 1. The Kier molecular flexibility index (Phi) is 6.40. The first kappa shape index (κ1) is 20.6. The van der Waals surface area contributed by atoms with Crippen molar-refractivity contribution in [2.45, 2.75) is 70.2 Å². The first-order chi connectivity index (χ1) is 14.0. The normalized spacial score (nSPS) is 27.1. The molecule has 2 aliphatic heterocycles. The van der Waals surface area contributed by atoms with Gasteiger partial charge in [-0.15, -0.1) is 0 Å². The molecule has 1 aromatic rings. The number of carbonyl (C=O) groups excluding carboxylic acids is 1. The average molecular weight is 404 g/mol. The lowest BCUT2D eigenvalue weighted by atomic mass is 9.91. The van der Waals surface area contributed by atoms with Gasteiger partial charge in [-0.25, -0.2) is 4.39 Å². The summed E-state index contributed by atoms with van der Waals surface area (Å²) in [6.07, 6.45) is 5.70. The Morgan fingerprint density at radius 3 is 2.48 bits per heavy atom. The van der Waals surface area contributed by atoms with E-state index in [1.807, 2.05) is 0 Å². The van der Waals surface area contributed by atoms with Gasteiger partial charge in [0.1, 0.15) is 17.7 Å². The number of rotatable bonds is 5. The molecule has 2 heterocycles. The van der Waals surface area contributed by atoms with Crippen LogP contribution in [0.3, 0.4) is 0 Å². The molecule has 0 bridgehead atoms. The van der Waals surface area contributed by atoms with Gasteiger partial charge in [0.05, 0.1) is 6.04 Å². The summed E-state index contributed by atoms with van der Waals surface area (Å²) < 4.78 is 19.2. The summed E-state index contributed by atoms with van der Waals surface area (Å²) in [7, 11) is 0. The van der Waals surface area contributed by atoms with E-state index in [0.29, 0.717) is 12.2 Å². The molecule has 3 aliphatic rings. The molecule has 1 saturated carbocycles. The molecular formula is C23H34FN3O2. The quantitative estimate of drug-likeness (QED) is 0.757. The Morgan fingerprint density at radius 1 is 1.07 bits per heavy atom. The fraction of sp³-hybridized carbons (Fsp3) is 0.696. The zero-order chi connectivity index (χ0) is 20.4. The van der Waals surface area contributed by atoms with Gasteiger partial charge < -0.3 is 9.64 Å². The molecule has 4 rings (SSSR count). The largest absolute Gasteiger partial charge is 0.489 e. The van der Waals surface area contributed by atoms with Crippen molar-refractivity contribution < 1.29 is 13.9 Å². The summed E-state index contributed by atoms with van der Waals surface area (Å²) in [6, 6.07) is 7.05. The van der Waals surface area contributed by atoms with Crippen LogP contribution in [0.25, 0.3) is 0 Å². The number of nitrogens with zero attached hydrogens (tertiary/aromatic N) is 3. The van der Waals surface area contributed by atoms with Gasteiger partial charge in [-0.3, -0.25) is 14.6 Å². The molecule has 0 radical (unpaired) electrons. The first-order valence-corrected chi connectivity index (χ1v) is 11.2. The Labute approximate surface area is 173 Å². The van der Waals surface area contributed by atoms with Gasteiger partial charge >= 0.3 is 0 Å². The minimum Gasteiger partial charge on any atom is -0.489 e. The smallest absolute Gasteiger partial charge is 0.240 e. The molecule has 5 nitrogen and oxygen atoms in total. The number of halogens is 1. The van der Waals surface area contributed by atoms with E-state index in [1.54, 1.807) is 12.1 Å². The topological polar surface area (TPSA) is 36.0 Å². The second-order valence-corrected chi connectivity index (χ2v) is 9.04. The van der Waals surface area contributed by atoms with E-state index in [4.69, 9.17) is 4.74 Å². The van der Waals surface area contributed by atoms with E-state index in [2.05, 4.69) is 28.5 Å². The van der Waals surface area contributed by atoms with Crippen LogP contribution in [0.1, 0.15) is 46.0 Å². The third kappa shape index (κ3) is 4.75. The first-order valence-electron chi connectivity index (χ1n) is 11.2. The van der Waals surface area contributed by atoms with Crippen LogP contribution >= 0.6 is 0 Å². The maximum atomic E-state index is 13.4. The average Bonchev–Trinajstić information content (AvgIpc) is 2.93. The molecule has 160 valence electrons. The lowest BCUT2D eigenvalue weighted by Gasteiger charge is -2.37. The van der Waals surface area contributed by atoms with E-state index >= 15 is 0 Å². The molecule has 2 saturated heterocycles. The van der Waals surface area contributed by atoms with E-state index in [-0.39, 0.29) is 29.9 Å². The van der Waals surface area contributed by atoms with Gasteiger partial charge in [0.2, 0.25) is 5.91 Å². The molecule has 29 heavy (non-hydrogen) atoms. The van der Waals surface area contributed by atoms with Crippen LogP contribution in [-0.2, 0) is 4.79 Å². The van der Waals surface area contributed by atoms with Crippen molar-refractivity contribution in [2.75, 3.05) is 32.7 Å². The molecule has 0 N–H and O–H groups in total. The maximum Gasteiger partial charge on any atom is 0.240 e. The molecule has 1 amide bonds. The summed E-state index contributed by atoms with van der Waals surface area (Å²) in [5.41, 5.74) is 0. The van der Waals surface area contributed by atoms with Gasteiger partial charge in [-0.1, -0.05) is 6.42 Å². The van der Waals surface area contributed by atoms with E-state index < -0.39 is 0 Å². The van der Waals surface area contributed by atoms with E-state index in [1.165, 1.54) is 31.4 Å². The summed E-state index contributed by atoms with van der Waals surface area (Å²) in [5.74, 6) is 0.649. The zero-order valence-corrected chi connectivity index (χ0v) is 17.7. The van der Waals surface area contributed by atoms with Gasteiger partial charge in [0.15, 0.2) is 0 Å². The SMILES string of the molecule is CC(C)N1C[C@@H](Oc2ccc(F)cc2)C[C@@H]1C(=O)N1CCCN(C2CCC2)CC1. The minimum atomic E-state index is -0.266. The fourth-order valence-electron chi connectivity index (χ4n) is 4.91. The fourth-order valence-corrected chi connectivity index (χ4v) is 4.91. The Hall–Kier alpha value is -1.66. The van der Waals surface area contributed by atoms with Crippen molar-refractivity contribution in [3.63, 3.8) is 0 Å². The lowest BCUT2D eigenvalue weighted by molar-refractivity contribution is -0.136. The predicted molar refractivity (Wildman–Crippen MR) is 111 cm³/mol. The minimum absolute atomic E-state index is 0.0461. The number of likely N-dealkylation sites (tertiary alicyclic amines) is 1. The Morgan fingerprint density at radius 2 is 1.83 bits per heavy atom. The van der Waals surface area contributed by atoms with Crippen molar-refractivity contribution in [1.82, 2.24) is 14.7 Å². The van der Waals surface area contributed by atoms with Crippen molar-refractivity contribution in [2.24, 2.45) is 0 Å². The molecule has 0 spiro atoms. The number of benzene rings is 1. The maximum absolute atomic E-state index is 13.4. The summed E-state index contributed by atoms with van der Waals surface area (Å²) in [6.45, 7) is 8.81. The highest BCUT2D eigenvalue weighted by Gasteiger charge is 2.41. The Balaban J connectivity index is 1.38. The van der Waals surface area contributed by atoms with Crippen molar-refractivity contribution >= 4 is 5.91 Å². The highest BCUT2D eigenvalue weighted by Crippen LogP contribution is 2.28. The number of carbonyl (C=O) groups is 1. The molecule has 1 aliphatic carbocycles. The van der Waals surface area contributed by atoms with Gasteiger partial charge in [-0.05, 0) is 57.4 Å². The third-order valence-corrected chi connectivity index (χ3v) is 6.80. The third-order valence-electron chi connectivity index (χ3n) is 6.80. The van der Waals surface area contributed by atoms with Crippen LogP contribution < -0.4 is 4.74 Å². The molecule has 3 fully saturated rings. The van der Waals surface area contributed by atoms with Crippen LogP contribution in [0.5, 0.6) is 5.75 Å². The zero-order valence-electron chi connectivity index (χ0n) is 17.7. The highest BCUT2D eigenvalue weighted by molar-refractivity contribution is 5.82. The molecule has 6 heteroatoms. The number of hydrogen-bond acceptors (Lipinski definition) is 4. The molecular weight excluding hydrogens is 369 g/mol. The predicted octanol–water partition coefficient (Wildman–Crippen LogP) is 3.14. The van der Waals surface area contributed by atoms with Crippen LogP contribution in [0, 0.1) is 5.82 Å². The molecule has 0 unspecified atom stereocenters. The van der Waals surface area contributed by atoms with Gasteiger partial charge in [0, 0.05) is 51.2 Å². The van der Waals surface area contributed by atoms with Gasteiger partial charge in [-0.2, -0.15) is 0 Å². The second-order valence-electron chi connectivity index (χ2n) is 9.04. The van der Waals surface area contributed by atoms with Crippen LogP contribution in [0.2, 0.25) is 0 Å². The second kappa shape index (κ2) is 9.00. The van der Waals surface area contributed by atoms with Crippen molar-refractivity contribution in [3.8, 4) is 5.75 Å². The van der Waals surface area contributed by atoms with Crippen molar-refractivity contribution in [1.29, 1.82) is 0 Å². The molecule has 2 atom stereocenters. The summed E-state index contributed by atoms with van der Waals surface area (Å²) >= 11 is 0. The molecule has 0 aromatic heterocycles. The van der Waals surface area contributed by atoms with Crippen LogP contribution in [0.15, 0.2) is 24.3 Å². The van der Waals surface area contributed by atoms with E-state index in [9.17, 15) is 9.18 Å². The standard InChI is InChI=1S/C23H34FN3O2/c1-17(2)27-16-21(29-20-9-7-18(24)8-10-20)15-22(27)23(28)26-12-4-11-25(13-14-26)19-5-3-6-19/h7-10,17,19,21-22H,3-6,11-16H2,1-2H3/t21-,22+/m0/s1. The molecule has 1 aromatic carbocycles. The monoisotopic (exact) mass is 403 g/mol. The lowest BCUT2D eigenvalue weighted by Crippen LogP contribution is -2.49. The van der Waals surface area contributed by atoms with Crippen LogP contribution in [-0.4, -0.2) is 77.6 Å². The Bertz CT molecular complexity index is 692. The number of ether oxygens (including phenoxy) is 1. The van der Waals surface area contributed by atoms with Gasteiger partial charge in [0.25, 0.3) is 0 Å².